The summed E-state index contributed by atoms with van der Waals surface area (Å²) < 4.78 is 0. The summed E-state index contributed by atoms with van der Waals surface area (Å²) in [5.74, 6) is 0.302. The zero-order chi connectivity index (χ0) is 14.7. The SMILES string of the molecule is O=C(CCc1ccccc1O)N[C@H]1CCc2ccccc21. The first-order valence-corrected chi connectivity index (χ1v) is 7.38. The van der Waals surface area contributed by atoms with E-state index in [1.54, 1.807) is 12.1 Å². The second kappa shape index (κ2) is 6.00. The number of nitrogens with one attached hydrogen (secondary N) is 1. The number of fused-ring (bicyclic) bond motifs is 1. The second-order valence-corrected chi connectivity index (χ2v) is 5.49. The van der Waals surface area contributed by atoms with Crippen LogP contribution in [-0.2, 0) is 17.6 Å². The normalized spacial score (nSPS) is 16.5. The maximum Gasteiger partial charge on any atom is 0.220 e. The molecule has 1 aliphatic rings. The lowest BCUT2D eigenvalue weighted by Gasteiger charge is -2.14. The van der Waals surface area contributed by atoms with Crippen LogP contribution in [0.5, 0.6) is 5.75 Å². The Morgan fingerprint density at radius 1 is 1.14 bits per heavy atom. The van der Waals surface area contributed by atoms with Crippen molar-refractivity contribution < 1.29 is 9.90 Å². The van der Waals surface area contributed by atoms with Gasteiger partial charge in [0, 0.05) is 6.42 Å². The maximum atomic E-state index is 12.1. The van der Waals surface area contributed by atoms with Gasteiger partial charge in [0.15, 0.2) is 0 Å². The minimum Gasteiger partial charge on any atom is -0.508 e. The van der Waals surface area contributed by atoms with E-state index in [1.807, 2.05) is 24.3 Å². The van der Waals surface area contributed by atoms with E-state index in [-0.39, 0.29) is 17.7 Å². The molecular weight excluding hydrogens is 262 g/mol. The zero-order valence-electron chi connectivity index (χ0n) is 11.9. The van der Waals surface area contributed by atoms with E-state index in [1.165, 1.54) is 11.1 Å². The summed E-state index contributed by atoms with van der Waals surface area (Å²) in [6, 6.07) is 15.6. The molecule has 0 aliphatic heterocycles. The van der Waals surface area contributed by atoms with Crippen molar-refractivity contribution in [2.45, 2.75) is 31.7 Å². The molecule has 0 radical (unpaired) electrons. The molecule has 0 heterocycles. The van der Waals surface area contributed by atoms with Gasteiger partial charge in [-0.3, -0.25) is 4.79 Å². The number of benzene rings is 2. The van der Waals surface area contributed by atoms with Gasteiger partial charge < -0.3 is 10.4 Å². The van der Waals surface area contributed by atoms with Gasteiger partial charge in [0.1, 0.15) is 5.75 Å². The number of hydrogen-bond donors (Lipinski definition) is 2. The Hall–Kier alpha value is -2.29. The van der Waals surface area contributed by atoms with Crippen molar-refractivity contribution in [1.82, 2.24) is 5.32 Å². The molecule has 2 aromatic carbocycles. The van der Waals surface area contributed by atoms with Crippen LogP contribution < -0.4 is 5.32 Å². The van der Waals surface area contributed by atoms with Gasteiger partial charge in [-0.15, -0.1) is 0 Å². The van der Waals surface area contributed by atoms with Crippen LogP contribution in [0.1, 0.15) is 35.6 Å². The Morgan fingerprint density at radius 2 is 1.90 bits per heavy atom. The third-order valence-electron chi connectivity index (χ3n) is 4.08. The molecule has 0 unspecified atom stereocenters. The highest BCUT2D eigenvalue weighted by atomic mass is 16.3. The van der Waals surface area contributed by atoms with Crippen molar-refractivity contribution >= 4 is 5.91 Å². The topological polar surface area (TPSA) is 49.3 Å². The molecule has 0 spiro atoms. The predicted molar refractivity (Wildman–Crippen MR) is 82.1 cm³/mol. The average Bonchev–Trinajstić information content (AvgIpc) is 2.90. The Bertz CT molecular complexity index is 651. The van der Waals surface area contributed by atoms with Gasteiger partial charge in [-0.05, 0) is 42.0 Å². The molecule has 3 nitrogen and oxygen atoms in total. The first-order valence-electron chi connectivity index (χ1n) is 7.38. The monoisotopic (exact) mass is 281 g/mol. The molecule has 3 heteroatoms. The molecule has 3 rings (SSSR count). The number of hydrogen-bond acceptors (Lipinski definition) is 2. The lowest BCUT2D eigenvalue weighted by molar-refractivity contribution is -0.121. The van der Waals surface area contributed by atoms with Crippen molar-refractivity contribution in [1.29, 1.82) is 0 Å². The quantitative estimate of drug-likeness (QED) is 0.904. The van der Waals surface area contributed by atoms with Gasteiger partial charge >= 0.3 is 0 Å². The average molecular weight is 281 g/mol. The highest BCUT2D eigenvalue weighted by Crippen LogP contribution is 2.30. The zero-order valence-corrected chi connectivity index (χ0v) is 11.9. The molecule has 0 bridgehead atoms. The fourth-order valence-electron chi connectivity index (χ4n) is 2.94. The number of phenols is 1. The number of amides is 1. The third kappa shape index (κ3) is 3.07. The van der Waals surface area contributed by atoms with Crippen molar-refractivity contribution in [2.24, 2.45) is 0 Å². The molecule has 0 saturated carbocycles. The Labute approximate surface area is 124 Å². The standard InChI is InChI=1S/C18H19NO2/c20-17-8-4-2-6-14(17)10-12-18(21)19-16-11-9-13-5-1-3-7-15(13)16/h1-8,16,20H,9-12H2,(H,19,21)/t16-/m0/s1. The summed E-state index contributed by atoms with van der Waals surface area (Å²) in [5.41, 5.74) is 3.40. The summed E-state index contributed by atoms with van der Waals surface area (Å²) in [6.07, 6.45) is 2.96. The van der Waals surface area contributed by atoms with E-state index in [9.17, 15) is 9.90 Å². The summed E-state index contributed by atoms with van der Waals surface area (Å²) in [7, 11) is 0. The van der Waals surface area contributed by atoms with Gasteiger partial charge in [-0.25, -0.2) is 0 Å². The van der Waals surface area contributed by atoms with Crippen LogP contribution in [0.15, 0.2) is 48.5 Å². The summed E-state index contributed by atoms with van der Waals surface area (Å²) in [4.78, 5) is 12.1. The van der Waals surface area contributed by atoms with Gasteiger partial charge in [0.05, 0.1) is 6.04 Å². The van der Waals surface area contributed by atoms with Crippen LogP contribution in [0.3, 0.4) is 0 Å². The first-order chi connectivity index (χ1) is 10.2. The molecule has 0 saturated heterocycles. The number of carbonyl (C=O) groups is 1. The summed E-state index contributed by atoms with van der Waals surface area (Å²) >= 11 is 0. The number of para-hydroxylation sites is 1. The number of phenolic OH excluding ortho intramolecular Hbond substituents is 1. The van der Waals surface area contributed by atoms with Crippen LogP contribution in [0.4, 0.5) is 0 Å². The van der Waals surface area contributed by atoms with Crippen LogP contribution >= 0.6 is 0 Å². The molecule has 21 heavy (non-hydrogen) atoms. The highest BCUT2D eigenvalue weighted by Gasteiger charge is 2.23. The molecule has 1 amide bonds. The Balaban J connectivity index is 1.57. The fraction of sp³-hybridized carbons (Fsp3) is 0.278. The molecule has 1 aliphatic carbocycles. The predicted octanol–water partition coefficient (Wildman–Crippen LogP) is 3.13. The summed E-state index contributed by atoms with van der Waals surface area (Å²) in [6.45, 7) is 0. The van der Waals surface area contributed by atoms with E-state index in [0.717, 1.165) is 18.4 Å². The number of carbonyl (C=O) groups excluding carboxylic acids is 1. The molecule has 0 fully saturated rings. The van der Waals surface area contributed by atoms with Crippen molar-refractivity contribution in [3.63, 3.8) is 0 Å². The Kier molecular flexibility index (Phi) is 3.91. The summed E-state index contributed by atoms with van der Waals surface area (Å²) in [5, 5.41) is 12.8. The third-order valence-corrected chi connectivity index (χ3v) is 4.08. The highest BCUT2D eigenvalue weighted by molar-refractivity contribution is 5.77. The lowest BCUT2D eigenvalue weighted by atomic mass is 10.1. The van der Waals surface area contributed by atoms with Crippen molar-refractivity contribution in [2.75, 3.05) is 0 Å². The molecule has 2 aromatic rings. The second-order valence-electron chi connectivity index (χ2n) is 5.49. The largest absolute Gasteiger partial charge is 0.508 e. The van der Waals surface area contributed by atoms with Gasteiger partial charge in [-0.2, -0.15) is 0 Å². The van der Waals surface area contributed by atoms with E-state index in [2.05, 4.69) is 17.4 Å². The molecular formula is C18H19NO2. The smallest absolute Gasteiger partial charge is 0.220 e. The Morgan fingerprint density at radius 3 is 2.76 bits per heavy atom. The molecule has 1 atom stereocenters. The minimum absolute atomic E-state index is 0.0416. The molecule has 2 N–H and O–H groups in total. The molecule has 0 aromatic heterocycles. The van der Waals surface area contributed by atoms with Crippen LogP contribution in [0, 0.1) is 0 Å². The van der Waals surface area contributed by atoms with Crippen molar-refractivity contribution in [3.8, 4) is 5.75 Å². The van der Waals surface area contributed by atoms with Crippen LogP contribution in [0.25, 0.3) is 0 Å². The van der Waals surface area contributed by atoms with Crippen LogP contribution in [0.2, 0.25) is 0 Å². The number of rotatable bonds is 4. The number of aromatic hydroxyl groups is 1. The number of aryl methyl sites for hydroxylation is 2. The van der Waals surface area contributed by atoms with E-state index in [0.29, 0.717) is 12.8 Å². The minimum atomic E-state index is 0.0416. The lowest BCUT2D eigenvalue weighted by Crippen LogP contribution is -2.27. The maximum absolute atomic E-state index is 12.1. The van der Waals surface area contributed by atoms with Crippen LogP contribution in [-0.4, -0.2) is 11.0 Å². The van der Waals surface area contributed by atoms with E-state index >= 15 is 0 Å². The van der Waals surface area contributed by atoms with Gasteiger partial charge in [0.2, 0.25) is 5.91 Å². The fourth-order valence-corrected chi connectivity index (χ4v) is 2.94. The first kappa shape index (κ1) is 13.7. The van der Waals surface area contributed by atoms with Gasteiger partial charge in [-0.1, -0.05) is 42.5 Å². The van der Waals surface area contributed by atoms with Crippen molar-refractivity contribution in [3.05, 3.63) is 65.2 Å². The van der Waals surface area contributed by atoms with Gasteiger partial charge in [0.25, 0.3) is 0 Å². The van der Waals surface area contributed by atoms with E-state index < -0.39 is 0 Å². The van der Waals surface area contributed by atoms with E-state index in [4.69, 9.17) is 0 Å². The molecule has 108 valence electrons.